The smallest absolute Gasteiger partial charge is 0.256 e. The molecule has 0 unspecified atom stereocenters. The van der Waals surface area contributed by atoms with Gasteiger partial charge in [0.1, 0.15) is 0 Å². The fraction of sp³-hybridized carbons (Fsp3) is 0.450. The second-order valence-corrected chi connectivity index (χ2v) is 6.82. The zero-order valence-corrected chi connectivity index (χ0v) is 15.5. The van der Waals surface area contributed by atoms with Crippen molar-refractivity contribution in [3.05, 3.63) is 52.6 Å². The van der Waals surface area contributed by atoms with Gasteiger partial charge in [0.05, 0.1) is 29.6 Å². The quantitative estimate of drug-likeness (QED) is 0.808. The number of pyridine rings is 1. The number of Topliss-reactive ketones (excluding diaryl/α,β-unsaturated/α-hetero) is 1. The van der Waals surface area contributed by atoms with Crippen molar-refractivity contribution in [3.63, 3.8) is 0 Å². The summed E-state index contributed by atoms with van der Waals surface area (Å²) in [6, 6.07) is 5.68. The van der Waals surface area contributed by atoms with E-state index in [1.807, 2.05) is 32.0 Å². The average molecular weight is 355 g/mol. The molecule has 3 heterocycles. The highest BCUT2D eigenvalue weighted by Crippen LogP contribution is 2.23. The molecule has 1 aliphatic rings. The van der Waals surface area contributed by atoms with Crippen molar-refractivity contribution in [2.45, 2.75) is 46.3 Å². The van der Waals surface area contributed by atoms with Gasteiger partial charge in [0.15, 0.2) is 5.78 Å². The number of carbonyl (C=O) groups is 2. The molecule has 6 heteroatoms. The van der Waals surface area contributed by atoms with Crippen molar-refractivity contribution < 1.29 is 14.3 Å². The van der Waals surface area contributed by atoms with Gasteiger partial charge in [-0.15, -0.1) is 0 Å². The summed E-state index contributed by atoms with van der Waals surface area (Å²) in [7, 11) is 0. The van der Waals surface area contributed by atoms with Crippen LogP contribution >= 0.6 is 0 Å². The molecular weight excluding hydrogens is 330 g/mol. The molecular formula is C20H25N3O3. The van der Waals surface area contributed by atoms with Crippen LogP contribution in [-0.2, 0) is 11.3 Å². The number of ether oxygens (including phenoxy) is 1. The van der Waals surface area contributed by atoms with Crippen LogP contribution in [0.2, 0.25) is 0 Å². The summed E-state index contributed by atoms with van der Waals surface area (Å²) in [6.07, 6.45) is 3.75. The normalized spacial score (nSPS) is 16.7. The summed E-state index contributed by atoms with van der Waals surface area (Å²) < 4.78 is 5.73. The number of carbonyl (C=O) groups excluding carboxylic acids is 2. The lowest BCUT2D eigenvalue weighted by molar-refractivity contribution is 0.0503. The molecule has 1 amide bonds. The number of hydrogen-bond donors (Lipinski definition) is 1. The Kier molecular flexibility index (Phi) is 5.52. The number of hydrogen-bond acceptors (Lipinski definition) is 4. The summed E-state index contributed by atoms with van der Waals surface area (Å²) in [4.78, 5) is 34.3. The molecule has 0 radical (unpaired) electrons. The van der Waals surface area contributed by atoms with E-state index in [0.717, 1.165) is 30.8 Å². The van der Waals surface area contributed by atoms with E-state index in [4.69, 9.17) is 4.74 Å². The van der Waals surface area contributed by atoms with E-state index < -0.39 is 0 Å². The monoisotopic (exact) mass is 355 g/mol. The number of nitrogens with zero attached hydrogens (tertiary/aromatic N) is 2. The van der Waals surface area contributed by atoms with E-state index in [1.54, 1.807) is 11.1 Å². The van der Waals surface area contributed by atoms with Crippen LogP contribution in [0.4, 0.5) is 0 Å². The second kappa shape index (κ2) is 7.83. The van der Waals surface area contributed by atoms with Gasteiger partial charge < -0.3 is 14.6 Å². The molecule has 1 aliphatic heterocycles. The number of nitrogens with one attached hydrogen (secondary N) is 1. The van der Waals surface area contributed by atoms with E-state index in [0.29, 0.717) is 29.9 Å². The van der Waals surface area contributed by atoms with Gasteiger partial charge >= 0.3 is 0 Å². The zero-order valence-electron chi connectivity index (χ0n) is 15.5. The highest BCUT2D eigenvalue weighted by Gasteiger charge is 2.28. The Morgan fingerprint density at radius 3 is 2.73 bits per heavy atom. The summed E-state index contributed by atoms with van der Waals surface area (Å²) in [6.45, 7) is 6.83. The van der Waals surface area contributed by atoms with Crippen LogP contribution in [0.25, 0.3) is 0 Å². The first-order valence-electron chi connectivity index (χ1n) is 8.98. The molecule has 0 spiro atoms. The number of H-pyrrole nitrogens is 1. The van der Waals surface area contributed by atoms with Crippen molar-refractivity contribution >= 4 is 11.7 Å². The summed E-state index contributed by atoms with van der Waals surface area (Å²) >= 11 is 0. The summed E-state index contributed by atoms with van der Waals surface area (Å²) in [5.41, 5.74) is 3.33. The molecule has 138 valence electrons. The number of aromatic nitrogens is 2. The minimum absolute atomic E-state index is 0.0505. The largest absolute Gasteiger partial charge is 0.376 e. The van der Waals surface area contributed by atoms with Crippen LogP contribution < -0.4 is 0 Å². The molecule has 1 fully saturated rings. The van der Waals surface area contributed by atoms with Gasteiger partial charge in [0.2, 0.25) is 0 Å². The molecule has 6 nitrogen and oxygen atoms in total. The fourth-order valence-electron chi connectivity index (χ4n) is 3.52. The summed E-state index contributed by atoms with van der Waals surface area (Å²) in [5, 5.41) is 0. The fourth-order valence-corrected chi connectivity index (χ4v) is 3.52. The van der Waals surface area contributed by atoms with Crippen molar-refractivity contribution in [2.24, 2.45) is 0 Å². The molecule has 2 aromatic heterocycles. The lowest BCUT2D eigenvalue weighted by Crippen LogP contribution is -2.37. The SMILES string of the molecule is CC(=O)c1[nH]c(C)c(C(=O)N(Cc2ccccn2)C[C@H]2CCCO2)c1C. The van der Waals surface area contributed by atoms with Gasteiger partial charge in [0, 0.05) is 32.0 Å². The van der Waals surface area contributed by atoms with Gasteiger partial charge in [-0.05, 0) is 44.4 Å². The first kappa shape index (κ1) is 18.3. The average Bonchev–Trinajstić information content (AvgIpc) is 3.22. The Morgan fingerprint density at radius 2 is 2.15 bits per heavy atom. The van der Waals surface area contributed by atoms with Crippen molar-refractivity contribution in [2.75, 3.05) is 13.2 Å². The molecule has 0 aromatic carbocycles. The maximum absolute atomic E-state index is 13.3. The lowest BCUT2D eigenvalue weighted by atomic mass is 10.1. The maximum Gasteiger partial charge on any atom is 0.256 e. The first-order valence-corrected chi connectivity index (χ1v) is 8.98. The molecule has 3 rings (SSSR count). The molecule has 2 aromatic rings. The van der Waals surface area contributed by atoms with Crippen LogP contribution in [-0.4, -0.2) is 45.8 Å². The third kappa shape index (κ3) is 3.85. The standard InChI is InChI=1S/C20H25N3O3/c1-13-18(14(2)22-19(13)15(3)24)20(25)23(12-17-8-6-10-26-17)11-16-7-4-5-9-21-16/h4-5,7,9,17,22H,6,8,10-12H2,1-3H3/t17-/m1/s1. The van der Waals surface area contributed by atoms with E-state index in [1.165, 1.54) is 6.92 Å². The minimum Gasteiger partial charge on any atom is -0.376 e. The Bertz CT molecular complexity index is 792. The summed E-state index contributed by atoms with van der Waals surface area (Å²) in [5.74, 6) is -0.162. The lowest BCUT2D eigenvalue weighted by Gasteiger charge is -2.25. The highest BCUT2D eigenvalue weighted by atomic mass is 16.5. The molecule has 0 aliphatic carbocycles. The Labute approximate surface area is 153 Å². The van der Waals surface area contributed by atoms with Gasteiger partial charge in [-0.2, -0.15) is 0 Å². The van der Waals surface area contributed by atoms with Crippen LogP contribution in [0, 0.1) is 13.8 Å². The highest BCUT2D eigenvalue weighted by molar-refractivity contribution is 6.02. The molecule has 1 saturated heterocycles. The third-order valence-electron chi connectivity index (χ3n) is 4.82. The number of rotatable bonds is 6. The van der Waals surface area contributed by atoms with E-state index in [-0.39, 0.29) is 17.8 Å². The van der Waals surface area contributed by atoms with Gasteiger partial charge in [-0.25, -0.2) is 0 Å². The predicted molar refractivity (Wildman–Crippen MR) is 98.2 cm³/mol. The Hall–Kier alpha value is -2.47. The topological polar surface area (TPSA) is 75.3 Å². The van der Waals surface area contributed by atoms with Crippen molar-refractivity contribution in [3.8, 4) is 0 Å². The van der Waals surface area contributed by atoms with E-state index in [9.17, 15) is 9.59 Å². The predicted octanol–water partition coefficient (Wildman–Crippen LogP) is 3.05. The second-order valence-electron chi connectivity index (χ2n) is 6.82. The number of amides is 1. The number of aryl methyl sites for hydroxylation is 1. The zero-order chi connectivity index (χ0) is 18.7. The van der Waals surface area contributed by atoms with E-state index >= 15 is 0 Å². The van der Waals surface area contributed by atoms with Crippen molar-refractivity contribution in [1.82, 2.24) is 14.9 Å². The van der Waals surface area contributed by atoms with Crippen LogP contribution in [0.1, 0.15) is 57.6 Å². The molecule has 1 N–H and O–H groups in total. The number of ketones is 1. The van der Waals surface area contributed by atoms with Crippen molar-refractivity contribution in [1.29, 1.82) is 0 Å². The van der Waals surface area contributed by atoms with Gasteiger partial charge in [0.25, 0.3) is 5.91 Å². The minimum atomic E-state index is -0.0927. The van der Waals surface area contributed by atoms with Crippen LogP contribution in [0.15, 0.2) is 24.4 Å². The molecule has 1 atom stereocenters. The molecule has 0 bridgehead atoms. The van der Waals surface area contributed by atoms with Crippen LogP contribution in [0.5, 0.6) is 0 Å². The third-order valence-corrected chi connectivity index (χ3v) is 4.82. The molecule has 0 saturated carbocycles. The van der Waals surface area contributed by atoms with E-state index in [2.05, 4.69) is 9.97 Å². The van der Waals surface area contributed by atoms with Crippen LogP contribution in [0.3, 0.4) is 0 Å². The number of aromatic amines is 1. The first-order chi connectivity index (χ1) is 12.5. The van der Waals surface area contributed by atoms with Gasteiger partial charge in [-0.1, -0.05) is 6.07 Å². The molecule has 26 heavy (non-hydrogen) atoms. The maximum atomic E-state index is 13.3. The van der Waals surface area contributed by atoms with Gasteiger partial charge in [-0.3, -0.25) is 14.6 Å². The Balaban J connectivity index is 1.90. The Morgan fingerprint density at radius 1 is 1.35 bits per heavy atom.